The van der Waals surface area contributed by atoms with Gasteiger partial charge in [0.25, 0.3) is 0 Å². The van der Waals surface area contributed by atoms with Crippen LogP contribution in [-0.4, -0.2) is 45.2 Å². The molecule has 2 N–H and O–H groups in total. The summed E-state index contributed by atoms with van der Waals surface area (Å²) < 4.78 is 38.1. The zero-order chi connectivity index (χ0) is 14.9. The summed E-state index contributed by atoms with van der Waals surface area (Å²) in [5.41, 5.74) is 0.682. The summed E-state index contributed by atoms with van der Waals surface area (Å²) in [4.78, 5) is 2.25. The fourth-order valence-electron chi connectivity index (χ4n) is 2.43. The molecule has 112 valence electrons. The molecule has 0 bridgehead atoms. The number of anilines is 2. The summed E-state index contributed by atoms with van der Waals surface area (Å²) in [6.45, 7) is 3.07. The molecule has 0 aliphatic carbocycles. The Morgan fingerprint density at radius 2 is 2.10 bits per heavy atom. The molecule has 20 heavy (non-hydrogen) atoms. The molecule has 1 aromatic carbocycles. The van der Waals surface area contributed by atoms with E-state index in [2.05, 4.69) is 28.9 Å². The van der Waals surface area contributed by atoms with Gasteiger partial charge in [-0.25, -0.2) is 12.8 Å². The number of likely N-dealkylation sites (tertiary alicyclic amines) is 1. The van der Waals surface area contributed by atoms with Crippen LogP contribution in [0.4, 0.5) is 15.8 Å². The fourth-order valence-corrected chi connectivity index (χ4v) is 2.98. The van der Waals surface area contributed by atoms with Gasteiger partial charge in [0.1, 0.15) is 5.82 Å². The van der Waals surface area contributed by atoms with E-state index in [4.69, 9.17) is 0 Å². The summed E-state index contributed by atoms with van der Waals surface area (Å²) >= 11 is 0. The molecule has 2 rings (SSSR count). The molecule has 2 atom stereocenters. The van der Waals surface area contributed by atoms with Crippen LogP contribution < -0.4 is 10.0 Å². The highest BCUT2D eigenvalue weighted by atomic mass is 32.2. The van der Waals surface area contributed by atoms with Gasteiger partial charge >= 0.3 is 0 Å². The molecule has 5 nitrogen and oxygen atoms in total. The van der Waals surface area contributed by atoms with Crippen molar-refractivity contribution in [1.82, 2.24) is 4.90 Å². The van der Waals surface area contributed by atoms with Crippen LogP contribution in [-0.2, 0) is 10.0 Å². The van der Waals surface area contributed by atoms with Gasteiger partial charge in [-0.3, -0.25) is 4.72 Å². The van der Waals surface area contributed by atoms with Crippen LogP contribution in [0.15, 0.2) is 18.2 Å². The third-order valence-corrected chi connectivity index (χ3v) is 4.11. The summed E-state index contributed by atoms with van der Waals surface area (Å²) in [5.74, 6) is -0.585. The SMILES string of the molecule is CC1CC(Nc2ccc(F)c(NS(C)(=O)=O)c2)CN1C. The predicted octanol–water partition coefficient (Wildman–Crippen LogP) is 1.70. The molecule has 1 fully saturated rings. The highest BCUT2D eigenvalue weighted by molar-refractivity contribution is 7.92. The minimum atomic E-state index is -3.49. The molecular formula is C13H20FN3O2S. The first-order valence-electron chi connectivity index (χ1n) is 6.49. The van der Waals surface area contributed by atoms with Crippen molar-refractivity contribution in [3.8, 4) is 0 Å². The quantitative estimate of drug-likeness (QED) is 0.888. The molecule has 0 radical (unpaired) electrons. The van der Waals surface area contributed by atoms with Crippen molar-refractivity contribution in [3.05, 3.63) is 24.0 Å². The van der Waals surface area contributed by atoms with Crippen molar-refractivity contribution in [1.29, 1.82) is 0 Å². The van der Waals surface area contributed by atoms with E-state index in [1.807, 2.05) is 0 Å². The average molecular weight is 301 g/mol. The highest BCUT2D eigenvalue weighted by Crippen LogP contribution is 2.24. The standard InChI is InChI=1S/C13H20FN3O2S/c1-9-6-11(8-17(9)2)15-10-4-5-12(14)13(7-10)16-20(3,18)19/h4-5,7,9,11,15-16H,6,8H2,1-3H3. The number of likely N-dealkylation sites (N-methyl/N-ethyl adjacent to an activating group) is 1. The van der Waals surface area contributed by atoms with Crippen molar-refractivity contribution in [3.63, 3.8) is 0 Å². The molecule has 0 amide bonds. The van der Waals surface area contributed by atoms with Crippen LogP contribution in [0.5, 0.6) is 0 Å². The van der Waals surface area contributed by atoms with Crippen molar-refractivity contribution < 1.29 is 12.8 Å². The maximum absolute atomic E-state index is 13.6. The zero-order valence-corrected chi connectivity index (χ0v) is 12.7. The minimum Gasteiger partial charge on any atom is -0.381 e. The van der Waals surface area contributed by atoms with E-state index in [1.165, 1.54) is 12.1 Å². The Hall–Kier alpha value is -1.34. The monoisotopic (exact) mass is 301 g/mol. The number of halogens is 1. The van der Waals surface area contributed by atoms with Gasteiger partial charge in [0.2, 0.25) is 10.0 Å². The third kappa shape index (κ3) is 3.83. The number of sulfonamides is 1. The first kappa shape index (κ1) is 15.1. The molecule has 1 heterocycles. The Morgan fingerprint density at radius 1 is 1.40 bits per heavy atom. The molecule has 1 aromatic rings. The topological polar surface area (TPSA) is 61.4 Å². The van der Waals surface area contributed by atoms with E-state index in [9.17, 15) is 12.8 Å². The van der Waals surface area contributed by atoms with Crippen LogP contribution >= 0.6 is 0 Å². The van der Waals surface area contributed by atoms with Gasteiger partial charge < -0.3 is 10.2 Å². The zero-order valence-electron chi connectivity index (χ0n) is 11.9. The Morgan fingerprint density at radius 3 is 2.65 bits per heavy atom. The van der Waals surface area contributed by atoms with Crippen molar-refractivity contribution in [2.45, 2.75) is 25.4 Å². The van der Waals surface area contributed by atoms with E-state index in [1.54, 1.807) is 6.07 Å². The molecule has 0 saturated carbocycles. The molecule has 1 aliphatic rings. The summed E-state index contributed by atoms with van der Waals surface area (Å²) in [6, 6.07) is 5.15. The predicted molar refractivity (Wildman–Crippen MR) is 79.0 cm³/mol. The Bertz CT molecular complexity index is 581. The maximum Gasteiger partial charge on any atom is 0.229 e. The van der Waals surface area contributed by atoms with E-state index in [-0.39, 0.29) is 11.7 Å². The molecule has 0 spiro atoms. The van der Waals surface area contributed by atoms with Crippen LogP contribution in [0.1, 0.15) is 13.3 Å². The second kappa shape index (κ2) is 5.57. The molecule has 7 heteroatoms. The first-order chi connectivity index (χ1) is 9.24. The van der Waals surface area contributed by atoms with Gasteiger partial charge in [-0.2, -0.15) is 0 Å². The lowest BCUT2D eigenvalue weighted by Crippen LogP contribution is -2.25. The van der Waals surface area contributed by atoms with E-state index in [0.29, 0.717) is 11.7 Å². The lowest BCUT2D eigenvalue weighted by Gasteiger charge is -2.15. The van der Waals surface area contributed by atoms with Gasteiger partial charge in [-0.05, 0) is 38.6 Å². The maximum atomic E-state index is 13.6. The number of nitrogens with one attached hydrogen (secondary N) is 2. The lowest BCUT2D eigenvalue weighted by molar-refractivity contribution is 0.330. The average Bonchev–Trinajstić information content (AvgIpc) is 2.61. The number of rotatable bonds is 4. The van der Waals surface area contributed by atoms with E-state index < -0.39 is 15.8 Å². The number of hydrogen-bond acceptors (Lipinski definition) is 4. The molecule has 1 aliphatic heterocycles. The Kier molecular flexibility index (Phi) is 4.19. The summed E-state index contributed by atoms with van der Waals surface area (Å²) in [7, 11) is -1.42. The fraction of sp³-hybridized carbons (Fsp3) is 0.538. The van der Waals surface area contributed by atoms with Crippen molar-refractivity contribution in [2.24, 2.45) is 0 Å². The Balaban J connectivity index is 2.12. The summed E-state index contributed by atoms with van der Waals surface area (Å²) in [6.07, 6.45) is 2.00. The van der Waals surface area contributed by atoms with Crippen LogP contribution in [0.3, 0.4) is 0 Å². The van der Waals surface area contributed by atoms with Gasteiger partial charge in [-0.15, -0.1) is 0 Å². The third-order valence-electron chi connectivity index (χ3n) is 3.52. The summed E-state index contributed by atoms with van der Waals surface area (Å²) in [5, 5.41) is 3.31. The molecule has 0 aromatic heterocycles. The van der Waals surface area contributed by atoms with Crippen LogP contribution in [0.25, 0.3) is 0 Å². The van der Waals surface area contributed by atoms with Gasteiger partial charge in [-0.1, -0.05) is 0 Å². The second-order valence-electron chi connectivity index (χ2n) is 5.43. The second-order valence-corrected chi connectivity index (χ2v) is 7.18. The van der Waals surface area contributed by atoms with Gasteiger partial charge in [0.15, 0.2) is 0 Å². The first-order valence-corrected chi connectivity index (χ1v) is 8.38. The normalized spacial score (nSPS) is 23.8. The Labute approximate surface area is 119 Å². The van der Waals surface area contributed by atoms with Crippen LogP contribution in [0.2, 0.25) is 0 Å². The largest absolute Gasteiger partial charge is 0.381 e. The lowest BCUT2D eigenvalue weighted by atomic mass is 10.2. The highest BCUT2D eigenvalue weighted by Gasteiger charge is 2.25. The number of nitrogens with zero attached hydrogens (tertiary/aromatic N) is 1. The minimum absolute atomic E-state index is 0.0306. The van der Waals surface area contributed by atoms with Crippen molar-refractivity contribution in [2.75, 3.05) is 29.9 Å². The molecule has 2 unspecified atom stereocenters. The smallest absolute Gasteiger partial charge is 0.229 e. The van der Waals surface area contributed by atoms with E-state index in [0.717, 1.165) is 19.2 Å². The molecule has 1 saturated heterocycles. The van der Waals surface area contributed by atoms with Gasteiger partial charge in [0, 0.05) is 24.3 Å². The molecular weight excluding hydrogens is 281 g/mol. The van der Waals surface area contributed by atoms with E-state index >= 15 is 0 Å². The van der Waals surface area contributed by atoms with Crippen molar-refractivity contribution >= 4 is 21.4 Å². The number of hydrogen-bond donors (Lipinski definition) is 2. The number of benzene rings is 1. The van der Waals surface area contributed by atoms with Gasteiger partial charge in [0.05, 0.1) is 11.9 Å². The van der Waals surface area contributed by atoms with Crippen LogP contribution in [0, 0.1) is 5.82 Å².